The molecule has 3 aromatic carbocycles. The molecule has 0 spiro atoms. The van der Waals surface area contributed by atoms with Gasteiger partial charge in [-0.1, -0.05) is 32.9 Å². The number of carbonyl (C=O) groups is 2. The van der Waals surface area contributed by atoms with Gasteiger partial charge in [-0.05, 0) is 72.5 Å². The number of hydrogen-bond acceptors (Lipinski definition) is 5. The number of ether oxygens (including phenoxy) is 2. The average molecular weight is 504 g/mol. The number of ketones is 1. The molecule has 4 rings (SSSR count). The Hall–Kier alpha value is -4.13. The van der Waals surface area contributed by atoms with Gasteiger partial charge < -0.3 is 14.6 Å². The van der Waals surface area contributed by atoms with Crippen molar-refractivity contribution in [3.8, 4) is 11.5 Å². The Morgan fingerprint density at radius 1 is 1.00 bits per heavy atom. The fourth-order valence-electron chi connectivity index (χ4n) is 4.50. The van der Waals surface area contributed by atoms with Crippen molar-refractivity contribution in [1.82, 2.24) is 0 Å². The number of halogens is 1. The molecule has 1 aliphatic heterocycles. The highest BCUT2D eigenvalue weighted by molar-refractivity contribution is 6.51. The Morgan fingerprint density at radius 2 is 1.65 bits per heavy atom. The molecule has 192 valence electrons. The number of methoxy groups -OCH3 is 1. The maximum Gasteiger partial charge on any atom is 0.300 e. The van der Waals surface area contributed by atoms with Crippen molar-refractivity contribution in [2.45, 2.75) is 39.2 Å². The van der Waals surface area contributed by atoms with Crippen LogP contribution in [0.15, 0.2) is 72.3 Å². The largest absolute Gasteiger partial charge is 0.507 e. The molecule has 1 N–H and O–H groups in total. The summed E-state index contributed by atoms with van der Waals surface area (Å²) in [7, 11) is 1.53. The number of aliphatic hydroxyl groups excluding tert-OH is 1. The first-order valence-electron chi connectivity index (χ1n) is 12.0. The molecule has 1 fully saturated rings. The normalized spacial score (nSPS) is 17.2. The van der Waals surface area contributed by atoms with Gasteiger partial charge in [0.05, 0.1) is 25.3 Å². The fourth-order valence-corrected chi connectivity index (χ4v) is 4.50. The van der Waals surface area contributed by atoms with E-state index in [1.807, 2.05) is 27.7 Å². The van der Waals surface area contributed by atoms with Gasteiger partial charge in [0, 0.05) is 16.8 Å². The summed E-state index contributed by atoms with van der Waals surface area (Å²) in [5, 5.41) is 11.5. The van der Waals surface area contributed by atoms with Gasteiger partial charge >= 0.3 is 0 Å². The van der Waals surface area contributed by atoms with Gasteiger partial charge in [-0.15, -0.1) is 0 Å². The lowest BCUT2D eigenvalue weighted by Crippen LogP contribution is -2.29. The summed E-state index contributed by atoms with van der Waals surface area (Å²) in [4.78, 5) is 28.0. The fraction of sp³-hybridized carbons (Fsp3) is 0.267. The van der Waals surface area contributed by atoms with Crippen LogP contribution in [0.4, 0.5) is 10.1 Å². The van der Waals surface area contributed by atoms with Gasteiger partial charge in [0.1, 0.15) is 23.1 Å². The average Bonchev–Trinajstić information content (AvgIpc) is 3.14. The second kappa shape index (κ2) is 10.1. The molecule has 0 radical (unpaired) electrons. The van der Waals surface area contributed by atoms with Crippen molar-refractivity contribution in [3.63, 3.8) is 0 Å². The Kier molecular flexibility index (Phi) is 7.07. The number of aliphatic hydroxyl groups is 1. The van der Waals surface area contributed by atoms with E-state index >= 15 is 0 Å². The molecule has 1 atom stereocenters. The van der Waals surface area contributed by atoms with Crippen molar-refractivity contribution in [3.05, 3.63) is 94.8 Å². The molecule has 37 heavy (non-hydrogen) atoms. The van der Waals surface area contributed by atoms with Crippen LogP contribution in [0.2, 0.25) is 0 Å². The topological polar surface area (TPSA) is 76.1 Å². The highest BCUT2D eigenvalue weighted by Gasteiger charge is 2.47. The second-order valence-electron chi connectivity index (χ2n) is 9.81. The van der Waals surface area contributed by atoms with E-state index < -0.39 is 23.5 Å². The molecule has 6 nitrogen and oxygen atoms in total. The zero-order valence-electron chi connectivity index (χ0n) is 21.5. The molecule has 1 heterocycles. The first-order valence-corrected chi connectivity index (χ1v) is 12.0. The molecule has 0 aliphatic carbocycles. The van der Waals surface area contributed by atoms with E-state index in [0.29, 0.717) is 34.9 Å². The van der Waals surface area contributed by atoms with Crippen LogP contribution < -0.4 is 14.4 Å². The Bertz CT molecular complexity index is 1350. The number of hydrogen-bond donors (Lipinski definition) is 1. The highest BCUT2D eigenvalue weighted by atomic mass is 19.1. The number of Topliss-reactive ketones (excluding diaryl/α,β-unsaturated/α-hetero) is 1. The number of anilines is 1. The zero-order chi connectivity index (χ0) is 26.9. The maximum absolute atomic E-state index is 13.8. The van der Waals surface area contributed by atoms with Crippen LogP contribution in [0, 0.1) is 5.82 Å². The van der Waals surface area contributed by atoms with Gasteiger partial charge in [0.2, 0.25) is 0 Å². The summed E-state index contributed by atoms with van der Waals surface area (Å²) in [6.07, 6.45) is 0. The van der Waals surface area contributed by atoms with Gasteiger partial charge in [0.25, 0.3) is 11.7 Å². The monoisotopic (exact) mass is 503 g/mol. The minimum Gasteiger partial charge on any atom is -0.507 e. The van der Waals surface area contributed by atoms with Crippen molar-refractivity contribution in [1.29, 1.82) is 0 Å². The molecule has 0 bridgehead atoms. The van der Waals surface area contributed by atoms with Crippen LogP contribution in [0.25, 0.3) is 5.76 Å². The van der Waals surface area contributed by atoms with Crippen molar-refractivity contribution in [2.24, 2.45) is 0 Å². The second-order valence-corrected chi connectivity index (χ2v) is 9.81. The van der Waals surface area contributed by atoms with Crippen LogP contribution in [0.5, 0.6) is 11.5 Å². The lowest BCUT2D eigenvalue weighted by molar-refractivity contribution is -0.132. The maximum atomic E-state index is 13.8. The van der Waals surface area contributed by atoms with Gasteiger partial charge in [-0.2, -0.15) is 0 Å². The Labute approximate surface area is 215 Å². The van der Waals surface area contributed by atoms with Crippen LogP contribution in [-0.2, 0) is 15.0 Å². The minimum atomic E-state index is -0.960. The summed E-state index contributed by atoms with van der Waals surface area (Å²) in [5.74, 6) is -1.11. The van der Waals surface area contributed by atoms with Gasteiger partial charge in [-0.3, -0.25) is 14.5 Å². The molecule has 3 aromatic rings. The number of benzene rings is 3. The quantitative estimate of drug-likeness (QED) is 0.248. The third-order valence-electron chi connectivity index (χ3n) is 6.34. The smallest absolute Gasteiger partial charge is 0.300 e. The van der Waals surface area contributed by atoms with Crippen LogP contribution >= 0.6 is 0 Å². The van der Waals surface area contributed by atoms with E-state index in [0.717, 1.165) is 5.56 Å². The number of amides is 1. The molecule has 1 saturated heterocycles. The predicted octanol–water partition coefficient (Wildman–Crippen LogP) is 6.16. The summed E-state index contributed by atoms with van der Waals surface area (Å²) in [6.45, 7) is 8.44. The van der Waals surface area contributed by atoms with Crippen molar-refractivity contribution >= 4 is 23.1 Å². The number of rotatable bonds is 6. The van der Waals surface area contributed by atoms with E-state index in [9.17, 15) is 19.1 Å². The molecule has 1 amide bonds. The Balaban J connectivity index is 1.93. The van der Waals surface area contributed by atoms with Crippen molar-refractivity contribution < 1.29 is 28.6 Å². The predicted molar refractivity (Wildman–Crippen MR) is 140 cm³/mol. The van der Waals surface area contributed by atoms with Crippen LogP contribution in [0.1, 0.15) is 50.4 Å². The van der Waals surface area contributed by atoms with E-state index in [1.54, 1.807) is 42.5 Å². The molecule has 0 saturated carbocycles. The zero-order valence-corrected chi connectivity index (χ0v) is 21.5. The van der Waals surface area contributed by atoms with Gasteiger partial charge in [-0.25, -0.2) is 4.39 Å². The van der Waals surface area contributed by atoms with Gasteiger partial charge in [0.15, 0.2) is 0 Å². The molecule has 0 aromatic heterocycles. The van der Waals surface area contributed by atoms with E-state index in [4.69, 9.17) is 9.47 Å². The lowest BCUT2D eigenvalue weighted by Gasteiger charge is -2.26. The minimum absolute atomic E-state index is 0.0727. The SMILES string of the molecule is CCOc1ccc(/C(O)=C2/C(=O)C(=O)N(c3ccc(OC)cc3)C2c2ccc(F)cc2)cc1C(C)(C)C. The third kappa shape index (κ3) is 4.94. The third-order valence-corrected chi connectivity index (χ3v) is 6.34. The number of nitrogens with zero attached hydrogens (tertiary/aromatic N) is 1. The standard InChI is InChI=1S/C30H30FNO5/c1-6-37-24-16-9-19(17-23(24)30(2,3)4)27(33)25-26(18-7-10-20(31)11-8-18)32(29(35)28(25)34)21-12-14-22(36-5)15-13-21/h7-17,26,33H,6H2,1-5H3/b27-25-. The van der Waals surface area contributed by atoms with E-state index in [-0.39, 0.29) is 16.7 Å². The summed E-state index contributed by atoms with van der Waals surface area (Å²) >= 11 is 0. The molecule has 7 heteroatoms. The first-order chi connectivity index (χ1) is 17.6. The number of carbonyl (C=O) groups excluding carboxylic acids is 2. The summed E-state index contributed by atoms with van der Waals surface area (Å²) in [6, 6.07) is 16.5. The summed E-state index contributed by atoms with van der Waals surface area (Å²) in [5.41, 5.74) is 1.77. The molecule has 1 unspecified atom stereocenters. The summed E-state index contributed by atoms with van der Waals surface area (Å²) < 4.78 is 24.8. The molecular formula is C30H30FNO5. The molecule has 1 aliphatic rings. The lowest BCUT2D eigenvalue weighted by atomic mass is 9.84. The van der Waals surface area contributed by atoms with Crippen molar-refractivity contribution in [2.75, 3.05) is 18.6 Å². The van der Waals surface area contributed by atoms with Crippen LogP contribution in [-0.4, -0.2) is 30.5 Å². The van der Waals surface area contributed by atoms with E-state index in [1.165, 1.54) is 36.3 Å². The van der Waals surface area contributed by atoms with E-state index in [2.05, 4.69) is 0 Å². The first kappa shape index (κ1) is 25.9. The highest BCUT2D eigenvalue weighted by Crippen LogP contribution is 2.43. The van der Waals surface area contributed by atoms with Crippen LogP contribution in [0.3, 0.4) is 0 Å². The Morgan fingerprint density at radius 3 is 2.22 bits per heavy atom. The molecular weight excluding hydrogens is 473 g/mol.